The van der Waals surface area contributed by atoms with Crippen LogP contribution in [0.25, 0.3) is 0 Å². The normalized spacial score (nSPS) is 23.4. The first-order valence-corrected chi connectivity index (χ1v) is 9.64. The standard InChI is InChI=1S/C21H21ClN2O2.Na/c22-14-7-8-20-18(9-14)17-5-2-6-19(17)24(20)16-4-1-3-15(10-16)23-11-13(12-23)21(25)26;/h1,3-4,7-10,13,17,19H,2,5-6,11-12H2,(H,25,26);/q;+1/p-1. The Labute approximate surface area is 186 Å². The quantitative estimate of drug-likeness (QED) is 0.708. The molecule has 1 saturated carbocycles. The molecule has 27 heavy (non-hydrogen) atoms. The molecule has 4 nitrogen and oxygen atoms in total. The molecule has 0 radical (unpaired) electrons. The van der Waals surface area contributed by atoms with E-state index in [-0.39, 0.29) is 35.5 Å². The van der Waals surface area contributed by atoms with Gasteiger partial charge in [-0.1, -0.05) is 24.1 Å². The molecule has 0 N–H and O–H groups in total. The SMILES string of the molecule is O=C([O-])C1CN(c2cccc(N3c4ccc(Cl)cc4C4CCCC43)c2)C1.[Na+]. The van der Waals surface area contributed by atoms with E-state index in [1.165, 1.54) is 36.2 Å². The smallest absolute Gasteiger partial charge is 0.550 e. The third-order valence-electron chi connectivity index (χ3n) is 6.15. The number of fused-ring (bicyclic) bond motifs is 3. The second-order valence-corrected chi connectivity index (χ2v) is 8.06. The van der Waals surface area contributed by atoms with Gasteiger partial charge in [0, 0.05) is 59.0 Å². The Hall–Kier alpha value is -1.20. The van der Waals surface area contributed by atoms with Crippen molar-refractivity contribution in [2.75, 3.05) is 22.9 Å². The van der Waals surface area contributed by atoms with Crippen LogP contribution in [0.4, 0.5) is 17.1 Å². The zero-order valence-electron chi connectivity index (χ0n) is 15.4. The second-order valence-electron chi connectivity index (χ2n) is 7.62. The van der Waals surface area contributed by atoms with Crippen LogP contribution in [0.3, 0.4) is 0 Å². The van der Waals surface area contributed by atoms with Crippen LogP contribution in [0.2, 0.25) is 5.02 Å². The number of nitrogens with zero attached hydrogens (tertiary/aromatic N) is 2. The molecular weight excluding hydrogens is 371 g/mol. The van der Waals surface area contributed by atoms with E-state index in [2.05, 4.69) is 46.2 Å². The first-order chi connectivity index (χ1) is 12.6. The van der Waals surface area contributed by atoms with E-state index in [1.54, 1.807) is 0 Å². The minimum atomic E-state index is -0.948. The molecule has 0 aromatic heterocycles. The van der Waals surface area contributed by atoms with Gasteiger partial charge in [-0.05, 0) is 54.8 Å². The molecule has 2 aromatic carbocycles. The van der Waals surface area contributed by atoms with Gasteiger partial charge in [0.05, 0.1) is 0 Å². The Morgan fingerprint density at radius 3 is 2.63 bits per heavy atom. The molecule has 2 heterocycles. The van der Waals surface area contributed by atoms with Gasteiger partial charge in [-0.25, -0.2) is 0 Å². The molecular formula is C21H20ClN2NaO2. The average Bonchev–Trinajstić information content (AvgIpc) is 3.14. The summed E-state index contributed by atoms with van der Waals surface area (Å²) >= 11 is 6.26. The van der Waals surface area contributed by atoms with Crippen molar-refractivity contribution < 1.29 is 39.5 Å². The van der Waals surface area contributed by atoms with Gasteiger partial charge in [0.2, 0.25) is 0 Å². The number of halogens is 1. The summed E-state index contributed by atoms with van der Waals surface area (Å²) in [6.45, 7) is 1.06. The van der Waals surface area contributed by atoms with Crippen LogP contribution in [-0.4, -0.2) is 25.1 Å². The Bertz CT molecular complexity index is 884. The maximum absolute atomic E-state index is 11.0. The van der Waals surface area contributed by atoms with Crippen molar-refractivity contribution in [1.29, 1.82) is 0 Å². The Balaban J connectivity index is 0.00000180. The van der Waals surface area contributed by atoms with Crippen LogP contribution in [0.15, 0.2) is 42.5 Å². The molecule has 134 valence electrons. The number of benzene rings is 2. The summed E-state index contributed by atoms with van der Waals surface area (Å²) in [5.41, 5.74) is 4.89. The van der Waals surface area contributed by atoms with Crippen LogP contribution >= 0.6 is 11.6 Å². The van der Waals surface area contributed by atoms with Gasteiger partial charge in [-0.15, -0.1) is 0 Å². The zero-order chi connectivity index (χ0) is 17.8. The van der Waals surface area contributed by atoms with Crippen molar-refractivity contribution in [2.24, 2.45) is 5.92 Å². The van der Waals surface area contributed by atoms with E-state index in [4.69, 9.17) is 11.6 Å². The Kier molecular flexibility index (Phi) is 5.19. The molecule has 1 aliphatic carbocycles. The molecule has 6 heteroatoms. The van der Waals surface area contributed by atoms with Crippen LogP contribution < -0.4 is 44.5 Å². The zero-order valence-corrected chi connectivity index (χ0v) is 18.2. The van der Waals surface area contributed by atoms with Crippen molar-refractivity contribution in [1.82, 2.24) is 0 Å². The fraction of sp³-hybridized carbons (Fsp3) is 0.381. The van der Waals surface area contributed by atoms with Crippen LogP contribution in [0, 0.1) is 5.92 Å². The van der Waals surface area contributed by atoms with E-state index in [9.17, 15) is 9.90 Å². The number of aliphatic carboxylic acids is 1. The van der Waals surface area contributed by atoms with Gasteiger partial charge in [0.25, 0.3) is 0 Å². The molecule has 2 unspecified atom stereocenters. The van der Waals surface area contributed by atoms with E-state index in [1.807, 2.05) is 6.07 Å². The minimum absolute atomic E-state index is 0. The van der Waals surface area contributed by atoms with Crippen molar-refractivity contribution >= 4 is 34.6 Å². The molecule has 2 aliphatic heterocycles. The van der Waals surface area contributed by atoms with Gasteiger partial charge in [0.15, 0.2) is 0 Å². The fourth-order valence-corrected chi connectivity index (χ4v) is 5.02. The Morgan fingerprint density at radius 2 is 1.85 bits per heavy atom. The molecule has 0 bridgehead atoms. The van der Waals surface area contributed by atoms with Gasteiger partial charge in [-0.2, -0.15) is 0 Å². The molecule has 0 amide bonds. The van der Waals surface area contributed by atoms with E-state index >= 15 is 0 Å². The second kappa shape index (κ2) is 7.32. The Morgan fingerprint density at radius 1 is 1.07 bits per heavy atom. The summed E-state index contributed by atoms with van der Waals surface area (Å²) in [6, 6.07) is 15.2. The maximum Gasteiger partial charge on any atom is 1.00 e. The number of carbonyl (C=O) groups excluding carboxylic acids is 1. The summed E-state index contributed by atoms with van der Waals surface area (Å²) in [6.07, 6.45) is 3.65. The summed E-state index contributed by atoms with van der Waals surface area (Å²) in [7, 11) is 0. The number of carbonyl (C=O) groups is 1. The van der Waals surface area contributed by atoms with Crippen LogP contribution in [0.1, 0.15) is 30.7 Å². The number of hydrogen-bond donors (Lipinski definition) is 0. The van der Waals surface area contributed by atoms with Crippen LogP contribution in [-0.2, 0) is 4.79 Å². The summed E-state index contributed by atoms with van der Waals surface area (Å²) < 4.78 is 0. The summed E-state index contributed by atoms with van der Waals surface area (Å²) in [5.74, 6) is -0.747. The van der Waals surface area contributed by atoms with Crippen molar-refractivity contribution in [3.8, 4) is 0 Å². The fourth-order valence-electron chi connectivity index (χ4n) is 4.84. The average molecular weight is 391 g/mol. The van der Waals surface area contributed by atoms with E-state index < -0.39 is 5.97 Å². The summed E-state index contributed by atoms with van der Waals surface area (Å²) in [5, 5.41) is 11.8. The number of anilines is 3. The topological polar surface area (TPSA) is 46.6 Å². The first-order valence-electron chi connectivity index (χ1n) is 9.26. The molecule has 5 rings (SSSR count). The summed E-state index contributed by atoms with van der Waals surface area (Å²) in [4.78, 5) is 15.5. The van der Waals surface area contributed by atoms with E-state index in [0.717, 1.165) is 10.7 Å². The molecule has 1 saturated heterocycles. The van der Waals surface area contributed by atoms with E-state index in [0.29, 0.717) is 25.0 Å². The predicted octanol–water partition coefficient (Wildman–Crippen LogP) is 0.318. The molecule has 3 aliphatic rings. The third kappa shape index (κ3) is 3.17. The predicted molar refractivity (Wildman–Crippen MR) is 101 cm³/mol. The molecule has 2 aromatic rings. The third-order valence-corrected chi connectivity index (χ3v) is 6.38. The number of rotatable bonds is 3. The first kappa shape index (κ1) is 19.1. The van der Waals surface area contributed by atoms with Crippen molar-refractivity contribution in [3.63, 3.8) is 0 Å². The van der Waals surface area contributed by atoms with Gasteiger partial charge in [-0.3, -0.25) is 0 Å². The molecule has 0 spiro atoms. The number of carboxylic acids is 1. The maximum atomic E-state index is 11.0. The number of carboxylic acid groups (broad SMARTS) is 1. The number of hydrogen-bond acceptors (Lipinski definition) is 4. The van der Waals surface area contributed by atoms with Crippen molar-refractivity contribution in [3.05, 3.63) is 53.1 Å². The molecule has 2 fully saturated rings. The largest absolute Gasteiger partial charge is 1.00 e. The van der Waals surface area contributed by atoms with Gasteiger partial charge in [0.1, 0.15) is 0 Å². The monoisotopic (exact) mass is 390 g/mol. The van der Waals surface area contributed by atoms with Gasteiger partial charge >= 0.3 is 29.6 Å². The molecule has 2 atom stereocenters. The van der Waals surface area contributed by atoms with Crippen molar-refractivity contribution in [2.45, 2.75) is 31.2 Å². The van der Waals surface area contributed by atoms with Gasteiger partial charge < -0.3 is 19.7 Å². The minimum Gasteiger partial charge on any atom is -0.550 e. The van der Waals surface area contributed by atoms with Crippen LogP contribution in [0.5, 0.6) is 0 Å².